The molecule has 0 aliphatic rings. The molecule has 0 aliphatic heterocycles. The summed E-state index contributed by atoms with van der Waals surface area (Å²) in [5.74, 6) is 1.82. The van der Waals surface area contributed by atoms with Crippen LogP contribution in [0.3, 0.4) is 0 Å². The smallest absolute Gasteiger partial charge is 0.227 e. The van der Waals surface area contributed by atoms with Crippen molar-refractivity contribution in [3.05, 3.63) is 128 Å². The molecule has 6 heteroatoms. The molecule has 4 heterocycles. The first-order valence-electron chi connectivity index (χ1n) is 13.3. The van der Waals surface area contributed by atoms with Crippen molar-refractivity contribution in [3.63, 3.8) is 0 Å². The zero-order chi connectivity index (χ0) is 27.2. The van der Waals surface area contributed by atoms with Crippen LogP contribution in [0.25, 0.3) is 78.4 Å². The largest absolute Gasteiger partial charge is 0.438 e. The summed E-state index contributed by atoms with van der Waals surface area (Å²) in [7, 11) is 0. The van der Waals surface area contributed by atoms with Gasteiger partial charge in [-0.3, -0.25) is 4.98 Å². The van der Waals surface area contributed by atoms with Crippen molar-refractivity contribution in [2.75, 3.05) is 0 Å². The van der Waals surface area contributed by atoms with Gasteiger partial charge in [0, 0.05) is 39.0 Å². The van der Waals surface area contributed by atoms with Crippen molar-refractivity contribution in [2.45, 2.75) is 0 Å². The molecule has 192 valence electrons. The summed E-state index contributed by atoms with van der Waals surface area (Å²) in [6.45, 7) is 0. The van der Waals surface area contributed by atoms with E-state index in [-0.39, 0.29) is 0 Å². The van der Waals surface area contributed by atoms with Gasteiger partial charge in [0.2, 0.25) is 5.71 Å². The van der Waals surface area contributed by atoms with Crippen LogP contribution in [0.15, 0.2) is 132 Å². The van der Waals surface area contributed by atoms with E-state index in [4.69, 9.17) is 24.4 Å². The van der Waals surface area contributed by atoms with Gasteiger partial charge in [-0.25, -0.2) is 19.9 Å². The lowest BCUT2D eigenvalue weighted by atomic mass is 10.1. The minimum atomic E-state index is 0.565. The molecule has 8 rings (SSSR count). The average Bonchev–Trinajstić information content (AvgIpc) is 3.42. The quantitative estimate of drug-likeness (QED) is 0.229. The number of hydrogen-bond acceptors (Lipinski definition) is 6. The molecular weight excluding hydrogens is 506 g/mol. The second-order valence-electron chi connectivity index (χ2n) is 9.82. The Morgan fingerprint density at radius 1 is 0.439 bits per heavy atom. The number of furan rings is 1. The zero-order valence-electron chi connectivity index (χ0n) is 21.8. The predicted octanol–water partition coefficient (Wildman–Crippen LogP) is 8.38. The van der Waals surface area contributed by atoms with Crippen LogP contribution in [0.4, 0.5) is 0 Å². The Balaban J connectivity index is 1.24. The molecule has 4 aromatic heterocycles. The number of aromatic nitrogens is 5. The maximum atomic E-state index is 6.28. The summed E-state index contributed by atoms with van der Waals surface area (Å²) in [4.78, 5) is 24.0. The average molecular weight is 528 g/mol. The van der Waals surface area contributed by atoms with E-state index in [0.717, 1.165) is 55.2 Å². The van der Waals surface area contributed by atoms with Crippen molar-refractivity contribution in [1.82, 2.24) is 24.9 Å². The monoisotopic (exact) mass is 527 g/mol. The molecule has 0 radical (unpaired) electrons. The minimum Gasteiger partial charge on any atom is -0.438 e. The molecule has 0 atom stereocenters. The topological polar surface area (TPSA) is 77.6 Å². The van der Waals surface area contributed by atoms with Crippen LogP contribution < -0.4 is 0 Å². The van der Waals surface area contributed by atoms with Crippen molar-refractivity contribution in [2.24, 2.45) is 0 Å². The van der Waals surface area contributed by atoms with Crippen molar-refractivity contribution >= 4 is 32.8 Å². The first-order valence-corrected chi connectivity index (χ1v) is 13.3. The fourth-order valence-corrected chi connectivity index (χ4v) is 5.10. The van der Waals surface area contributed by atoms with Crippen LogP contribution in [0, 0.1) is 0 Å². The van der Waals surface area contributed by atoms with Crippen LogP contribution in [0.1, 0.15) is 0 Å². The van der Waals surface area contributed by atoms with E-state index in [0.29, 0.717) is 23.2 Å². The van der Waals surface area contributed by atoms with E-state index in [1.165, 1.54) is 0 Å². The molecule has 0 fully saturated rings. The van der Waals surface area contributed by atoms with Gasteiger partial charge < -0.3 is 4.42 Å². The van der Waals surface area contributed by atoms with Crippen molar-refractivity contribution < 1.29 is 4.42 Å². The van der Waals surface area contributed by atoms with Crippen molar-refractivity contribution in [3.8, 4) is 45.6 Å². The van der Waals surface area contributed by atoms with E-state index in [2.05, 4.69) is 23.2 Å². The number of rotatable bonds is 4. The highest BCUT2D eigenvalue weighted by molar-refractivity contribution is 6.05. The first-order chi connectivity index (χ1) is 20.3. The van der Waals surface area contributed by atoms with Gasteiger partial charge >= 0.3 is 0 Å². The fourth-order valence-electron chi connectivity index (χ4n) is 5.10. The third-order valence-electron chi connectivity index (χ3n) is 7.19. The van der Waals surface area contributed by atoms with Gasteiger partial charge in [0.05, 0.1) is 11.4 Å². The van der Waals surface area contributed by atoms with E-state index in [9.17, 15) is 0 Å². The van der Waals surface area contributed by atoms with E-state index in [1.54, 1.807) is 0 Å². The number of fused-ring (bicyclic) bond motifs is 4. The van der Waals surface area contributed by atoms with Crippen LogP contribution in [-0.2, 0) is 0 Å². The van der Waals surface area contributed by atoms with E-state index >= 15 is 0 Å². The van der Waals surface area contributed by atoms with Crippen LogP contribution in [0.5, 0.6) is 0 Å². The standard InChI is InChI=1S/C35H21N5O/c1-3-9-22(10-4-1)32-38-33(23-11-5-2-6-12-23)40-34(39-32)25-15-16-27-28-17-18-29(37-35(28)41-31(27)20-25)30-19-24-13-7-8-14-26(24)21-36-30/h1-21H. The Morgan fingerprint density at radius 3 is 1.76 bits per heavy atom. The van der Waals surface area contributed by atoms with E-state index < -0.39 is 0 Å². The van der Waals surface area contributed by atoms with Gasteiger partial charge in [0.15, 0.2) is 17.5 Å². The Bertz CT molecular complexity index is 2150. The summed E-state index contributed by atoms with van der Waals surface area (Å²) in [6, 6.07) is 40.2. The lowest BCUT2D eigenvalue weighted by Crippen LogP contribution is -2.00. The molecule has 0 aliphatic carbocycles. The maximum absolute atomic E-state index is 6.28. The second-order valence-corrected chi connectivity index (χ2v) is 9.82. The molecular formula is C35H21N5O. The summed E-state index contributed by atoms with van der Waals surface area (Å²) >= 11 is 0. The number of benzene rings is 4. The molecule has 6 nitrogen and oxygen atoms in total. The maximum Gasteiger partial charge on any atom is 0.227 e. The molecule has 8 aromatic rings. The molecule has 41 heavy (non-hydrogen) atoms. The third-order valence-corrected chi connectivity index (χ3v) is 7.19. The Kier molecular flexibility index (Phi) is 5.35. The Morgan fingerprint density at radius 2 is 1.05 bits per heavy atom. The minimum absolute atomic E-state index is 0.565. The molecule has 0 amide bonds. The van der Waals surface area contributed by atoms with Gasteiger partial charge in [-0.15, -0.1) is 0 Å². The lowest BCUT2D eigenvalue weighted by molar-refractivity contribution is 0.654. The molecule has 0 saturated heterocycles. The molecule has 0 saturated carbocycles. The fraction of sp³-hybridized carbons (Fsp3) is 0. The SMILES string of the molecule is c1ccc(-c2nc(-c3ccccc3)nc(-c3ccc4c(c3)oc3nc(-c5cc6ccccc6cn5)ccc34)n2)cc1. The van der Waals surface area contributed by atoms with Gasteiger partial charge in [-0.05, 0) is 35.7 Å². The predicted molar refractivity (Wildman–Crippen MR) is 162 cm³/mol. The molecule has 0 bridgehead atoms. The van der Waals surface area contributed by atoms with Crippen molar-refractivity contribution in [1.29, 1.82) is 0 Å². The molecule has 0 spiro atoms. The lowest BCUT2D eigenvalue weighted by Gasteiger charge is -2.08. The van der Waals surface area contributed by atoms with Crippen LogP contribution >= 0.6 is 0 Å². The number of pyridine rings is 2. The Labute approximate surface area is 235 Å². The van der Waals surface area contributed by atoms with Crippen LogP contribution in [0.2, 0.25) is 0 Å². The molecule has 0 N–H and O–H groups in total. The second kappa shape index (κ2) is 9.47. The highest BCUT2D eigenvalue weighted by atomic mass is 16.3. The van der Waals surface area contributed by atoms with Gasteiger partial charge in [-0.2, -0.15) is 0 Å². The highest BCUT2D eigenvalue weighted by Crippen LogP contribution is 2.33. The van der Waals surface area contributed by atoms with E-state index in [1.807, 2.05) is 109 Å². The summed E-state index contributed by atoms with van der Waals surface area (Å²) in [5.41, 5.74) is 5.55. The number of nitrogens with zero attached hydrogens (tertiary/aromatic N) is 5. The summed E-state index contributed by atoms with van der Waals surface area (Å²) < 4.78 is 6.28. The van der Waals surface area contributed by atoms with Gasteiger partial charge in [-0.1, -0.05) is 91.0 Å². The Hall–Kier alpha value is -5.75. The summed E-state index contributed by atoms with van der Waals surface area (Å²) in [6.07, 6.45) is 1.88. The zero-order valence-corrected chi connectivity index (χ0v) is 21.8. The third kappa shape index (κ3) is 4.19. The summed E-state index contributed by atoms with van der Waals surface area (Å²) in [5, 5.41) is 4.14. The van der Waals surface area contributed by atoms with Crippen LogP contribution in [-0.4, -0.2) is 24.9 Å². The van der Waals surface area contributed by atoms with Gasteiger partial charge in [0.25, 0.3) is 0 Å². The van der Waals surface area contributed by atoms with Gasteiger partial charge in [0.1, 0.15) is 5.58 Å². The highest BCUT2D eigenvalue weighted by Gasteiger charge is 2.15. The molecule has 0 unspecified atom stereocenters. The molecule has 4 aromatic carbocycles. The first kappa shape index (κ1) is 23.2. The number of hydrogen-bond donors (Lipinski definition) is 0. The normalized spacial score (nSPS) is 11.4.